The first kappa shape index (κ1) is 17.1. The van der Waals surface area contributed by atoms with Crippen LogP contribution >= 0.6 is 0 Å². The molecule has 0 radical (unpaired) electrons. The Hall–Kier alpha value is -0.217. The summed E-state index contributed by atoms with van der Waals surface area (Å²) in [6, 6.07) is 0. The van der Waals surface area contributed by atoms with Gasteiger partial charge < -0.3 is 21.5 Å². The van der Waals surface area contributed by atoms with Crippen molar-refractivity contribution in [3.8, 4) is 0 Å². The zero-order valence-corrected chi connectivity index (χ0v) is 6.35. The molecule has 5 nitrogen and oxygen atoms in total. The molecule has 0 aliphatic carbocycles. The van der Waals surface area contributed by atoms with Crippen molar-refractivity contribution in [2.24, 2.45) is 0 Å². The fraction of sp³-hybridized carbons (Fsp3) is 0. The van der Waals surface area contributed by atoms with Crippen molar-refractivity contribution in [3.05, 3.63) is 15.3 Å². The van der Waals surface area contributed by atoms with E-state index in [4.69, 9.17) is 15.3 Å². The summed E-state index contributed by atoms with van der Waals surface area (Å²) in [4.78, 5) is 8.25. The van der Waals surface area contributed by atoms with Crippen molar-refractivity contribution in [1.82, 2.24) is 6.15 Å². The normalized spacial score (nSPS) is 4.00. The van der Waals surface area contributed by atoms with Gasteiger partial charge in [-0.2, -0.15) is 0 Å². The Balaban J connectivity index is -0.0000000450. The maximum Gasteiger partial charge on any atom is 2.00 e. The molecule has 4 N–H and O–H groups in total. The second-order valence-corrected chi connectivity index (χ2v) is 0.224. The van der Waals surface area contributed by atoms with E-state index >= 15 is 0 Å². The van der Waals surface area contributed by atoms with Gasteiger partial charge in [-0.05, 0) is 0 Å². The van der Waals surface area contributed by atoms with Crippen LogP contribution in [0.15, 0.2) is 0 Å². The zero-order valence-electron chi connectivity index (χ0n) is 3.38. The molecule has 0 unspecified atom stereocenters. The molecule has 0 spiro atoms. The SMILES string of the molecule is O=[N+]([O-])[O-].[NH4+].[Zn+2]. The van der Waals surface area contributed by atoms with Crippen molar-refractivity contribution >= 4 is 0 Å². The van der Waals surface area contributed by atoms with Gasteiger partial charge in [0.1, 0.15) is 0 Å². The average Bonchev–Trinajstić information content (AvgIpc) is 0.811. The zero-order chi connectivity index (χ0) is 3.58. The van der Waals surface area contributed by atoms with Gasteiger partial charge >= 0.3 is 19.5 Å². The molecule has 0 amide bonds. The van der Waals surface area contributed by atoms with E-state index in [9.17, 15) is 0 Å². The van der Waals surface area contributed by atoms with Gasteiger partial charge in [0.05, 0.1) is 5.09 Å². The molecule has 0 aliphatic rings. The Morgan fingerprint density at radius 3 is 1.33 bits per heavy atom. The van der Waals surface area contributed by atoms with Gasteiger partial charge in [-0.25, -0.2) is 0 Å². The minimum atomic E-state index is -1.75. The molecule has 0 saturated heterocycles. The molecule has 0 fully saturated rings. The average molecular weight is 145 g/mol. The standard InChI is InChI=1S/NO3.H3N.Zn/c2-1(3)4;;/h;1H3;/q-1;;+2/p+1. The molecular weight excluding hydrogens is 141 g/mol. The minimum absolute atomic E-state index is 0. The fourth-order valence-electron chi connectivity index (χ4n) is 0. The maximum absolute atomic E-state index is 8.25. The Bertz CT molecular complexity index is 31.8. The molecule has 0 saturated carbocycles. The van der Waals surface area contributed by atoms with Gasteiger partial charge in [0.15, 0.2) is 0 Å². The molecule has 0 aromatic carbocycles. The third-order valence-corrected chi connectivity index (χ3v) is 0. The van der Waals surface area contributed by atoms with Gasteiger partial charge in [-0.15, -0.1) is 0 Å². The number of quaternary nitrogens is 1. The van der Waals surface area contributed by atoms with Crippen LogP contribution in [0.3, 0.4) is 0 Å². The largest absolute Gasteiger partial charge is 2.00 e. The van der Waals surface area contributed by atoms with E-state index in [2.05, 4.69) is 0 Å². The monoisotopic (exact) mass is 144 g/mol. The fourth-order valence-corrected chi connectivity index (χ4v) is 0. The first-order chi connectivity index (χ1) is 1.73. The molecule has 0 aromatic rings. The van der Waals surface area contributed by atoms with E-state index in [0.717, 1.165) is 0 Å². The molecular formula is H4N2O3Zn+2. The van der Waals surface area contributed by atoms with Crippen LogP contribution in [0, 0.1) is 15.3 Å². The molecule has 0 atom stereocenters. The Labute approximate surface area is 46.8 Å². The molecule has 6 heavy (non-hydrogen) atoms. The summed E-state index contributed by atoms with van der Waals surface area (Å²) in [5.74, 6) is 0. The topological polar surface area (TPSA) is 103 Å². The molecule has 32 valence electrons. The smallest absolute Gasteiger partial charge is 0.369 e. The van der Waals surface area contributed by atoms with Crippen molar-refractivity contribution in [2.75, 3.05) is 0 Å². The van der Waals surface area contributed by atoms with E-state index in [1.165, 1.54) is 0 Å². The first-order valence-corrected chi connectivity index (χ1v) is 0.548. The van der Waals surface area contributed by atoms with Crippen LogP contribution in [0.1, 0.15) is 0 Å². The van der Waals surface area contributed by atoms with Crippen molar-refractivity contribution in [1.29, 1.82) is 0 Å². The van der Waals surface area contributed by atoms with E-state index in [-0.39, 0.29) is 25.6 Å². The van der Waals surface area contributed by atoms with Crippen LogP contribution in [0.2, 0.25) is 0 Å². The third-order valence-electron chi connectivity index (χ3n) is 0. The number of rotatable bonds is 0. The predicted octanol–water partition coefficient (Wildman–Crippen LogP) is 0.135. The second kappa shape index (κ2) is 8.84. The van der Waals surface area contributed by atoms with Crippen molar-refractivity contribution < 1.29 is 24.6 Å². The predicted molar refractivity (Wildman–Crippen MR) is 16.3 cm³/mol. The third kappa shape index (κ3) is 625. The molecule has 0 rings (SSSR count). The van der Waals surface area contributed by atoms with E-state index in [0.29, 0.717) is 0 Å². The molecule has 0 bridgehead atoms. The summed E-state index contributed by atoms with van der Waals surface area (Å²) in [5, 5.41) is 14.8. The van der Waals surface area contributed by atoms with Crippen LogP contribution < -0.4 is 6.15 Å². The van der Waals surface area contributed by atoms with Gasteiger partial charge in [0.2, 0.25) is 0 Å². The van der Waals surface area contributed by atoms with E-state index in [1.54, 1.807) is 0 Å². The van der Waals surface area contributed by atoms with Gasteiger partial charge in [0, 0.05) is 0 Å². The Morgan fingerprint density at radius 2 is 1.33 bits per heavy atom. The quantitative estimate of drug-likeness (QED) is 0.298. The first-order valence-electron chi connectivity index (χ1n) is 0.548. The van der Waals surface area contributed by atoms with Crippen LogP contribution in [0.4, 0.5) is 0 Å². The number of hydrogen-bond donors (Lipinski definition) is 1. The molecule has 0 aromatic heterocycles. The summed E-state index contributed by atoms with van der Waals surface area (Å²) in [6.45, 7) is 0. The maximum atomic E-state index is 8.25. The molecule has 0 aliphatic heterocycles. The van der Waals surface area contributed by atoms with Crippen molar-refractivity contribution in [2.45, 2.75) is 0 Å². The summed E-state index contributed by atoms with van der Waals surface area (Å²) in [6.07, 6.45) is 0. The van der Waals surface area contributed by atoms with E-state index < -0.39 is 5.09 Å². The van der Waals surface area contributed by atoms with Crippen LogP contribution in [0.5, 0.6) is 0 Å². The summed E-state index contributed by atoms with van der Waals surface area (Å²) in [5.41, 5.74) is 0. The summed E-state index contributed by atoms with van der Waals surface area (Å²) in [7, 11) is 0. The summed E-state index contributed by atoms with van der Waals surface area (Å²) >= 11 is 0. The Kier molecular flexibility index (Phi) is 25.2. The molecule has 0 heterocycles. The summed E-state index contributed by atoms with van der Waals surface area (Å²) < 4.78 is 0. The number of hydrogen-bond acceptors (Lipinski definition) is 3. The van der Waals surface area contributed by atoms with Crippen LogP contribution in [0.25, 0.3) is 0 Å². The van der Waals surface area contributed by atoms with Crippen molar-refractivity contribution in [3.63, 3.8) is 0 Å². The van der Waals surface area contributed by atoms with Crippen LogP contribution in [-0.4, -0.2) is 5.09 Å². The van der Waals surface area contributed by atoms with Crippen LogP contribution in [-0.2, 0) is 19.5 Å². The van der Waals surface area contributed by atoms with Gasteiger partial charge in [-0.3, -0.25) is 0 Å². The molecule has 6 heteroatoms. The Morgan fingerprint density at radius 1 is 1.33 bits per heavy atom. The van der Waals surface area contributed by atoms with Gasteiger partial charge in [0.25, 0.3) is 0 Å². The second-order valence-electron chi connectivity index (χ2n) is 0.224. The van der Waals surface area contributed by atoms with Gasteiger partial charge in [-0.1, -0.05) is 0 Å². The number of nitrogens with zero attached hydrogens (tertiary/aromatic N) is 1. The van der Waals surface area contributed by atoms with E-state index in [1.807, 2.05) is 0 Å². The minimum Gasteiger partial charge on any atom is -0.369 e.